The highest BCUT2D eigenvalue weighted by atomic mass is 35.5. The molecule has 172 valence electrons. The zero-order valence-electron chi connectivity index (χ0n) is 18.4. The third-order valence-corrected chi connectivity index (χ3v) is 5.73. The molecule has 1 aliphatic rings. The lowest BCUT2D eigenvalue weighted by Crippen LogP contribution is -2.30. The van der Waals surface area contributed by atoms with Crippen LogP contribution in [0.3, 0.4) is 0 Å². The number of ether oxygens (including phenoxy) is 3. The highest BCUT2D eigenvalue weighted by Gasteiger charge is 2.21. The predicted molar refractivity (Wildman–Crippen MR) is 126 cm³/mol. The molecule has 0 spiro atoms. The van der Waals surface area contributed by atoms with Crippen LogP contribution in [0.25, 0.3) is 11.3 Å². The second-order valence-corrected chi connectivity index (χ2v) is 8.17. The zero-order chi connectivity index (χ0) is 23.5. The molecule has 1 aliphatic heterocycles. The maximum atomic E-state index is 13.4. The van der Waals surface area contributed by atoms with Gasteiger partial charge >= 0.3 is 0 Å². The third-order valence-electron chi connectivity index (χ3n) is 5.47. The van der Waals surface area contributed by atoms with Crippen molar-refractivity contribution in [1.29, 1.82) is 0 Å². The van der Waals surface area contributed by atoms with Crippen LogP contribution in [0.1, 0.15) is 21.6 Å². The predicted octanol–water partition coefficient (Wildman–Crippen LogP) is 5.57. The van der Waals surface area contributed by atoms with E-state index in [0.717, 1.165) is 11.1 Å². The average molecular weight is 477 g/mol. The van der Waals surface area contributed by atoms with Gasteiger partial charge < -0.3 is 23.6 Å². The van der Waals surface area contributed by atoms with E-state index in [-0.39, 0.29) is 19.2 Å². The molecule has 0 saturated heterocycles. The summed E-state index contributed by atoms with van der Waals surface area (Å²) in [5.41, 5.74) is 2.83. The number of carbonyl (C=O) groups excluding carboxylic acids is 1. The Labute approximate surface area is 201 Å². The van der Waals surface area contributed by atoms with Crippen molar-refractivity contribution in [3.63, 3.8) is 0 Å². The Morgan fingerprint density at radius 3 is 2.62 bits per heavy atom. The van der Waals surface area contributed by atoms with Crippen LogP contribution in [-0.4, -0.2) is 29.9 Å². The molecule has 7 nitrogen and oxygen atoms in total. The third kappa shape index (κ3) is 4.56. The van der Waals surface area contributed by atoms with Crippen molar-refractivity contribution < 1.29 is 23.5 Å². The molecule has 5 rings (SSSR count). The minimum absolute atomic E-state index is 0.156. The number of fused-ring (bicyclic) bond motifs is 1. The molecule has 2 heterocycles. The fourth-order valence-electron chi connectivity index (χ4n) is 3.79. The molecule has 1 amide bonds. The van der Waals surface area contributed by atoms with Gasteiger partial charge in [0.15, 0.2) is 17.3 Å². The number of para-hydroxylation sites is 1. The van der Waals surface area contributed by atoms with E-state index in [1.807, 2.05) is 48.5 Å². The molecule has 4 aromatic rings. The van der Waals surface area contributed by atoms with Crippen molar-refractivity contribution in [2.24, 2.45) is 0 Å². The lowest BCUT2D eigenvalue weighted by atomic mass is 10.1. The van der Waals surface area contributed by atoms with E-state index in [2.05, 4.69) is 5.16 Å². The standard InChI is InChI=1S/C26H21ClN2O5/c1-31-22-5-3-2-4-21(22)24-13-20(28-34-24)15-29(26(30)18-7-9-19(27)10-8-18)14-17-6-11-23-25(12-17)33-16-32-23/h2-13H,14-16H2,1H3. The van der Waals surface area contributed by atoms with Gasteiger partial charge in [-0.25, -0.2) is 0 Å². The lowest BCUT2D eigenvalue weighted by Gasteiger charge is -2.22. The Morgan fingerprint density at radius 2 is 1.79 bits per heavy atom. The summed E-state index contributed by atoms with van der Waals surface area (Å²) < 4.78 is 21.9. The van der Waals surface area contributed by atoms with Gasteiger partial charge in [-0.1, -0.05) is 35.0 Å². The number of hydrogen-bond acceptors (Lipinski definition) is 6. The average Bonchev–Trinajstić information content (AvgIpc) is 3.53. The summed E-state index contributed by atoms with van der Waals surface area (Å²) in [5.74, 6) is 2.44. The topological polar surface area (TPSA) is 74.0 Å². The molecule has 34 heavy (non-hydrogen) atoms. The number of amides is 1. The van der Waals surface area contributed by atoms with Crippen LogP contribution < -0.4 is 14.2 Å². The molecule has 1 aromatic heterocycles. The summed E-state index contributed by atoms with van der Waals surface area (Å²) in [6.45, 7) is 0.778. The molecular formula is C26H21ClN2O5. The van der Waals surface area contributed by atoms with Crippen molar-refractivity contribution in [1.82, 2.24) is 10.1 Å². The van der Waals surface area contributed by atoms with Crippen LogP contribution in [-0.2, 0) is 13.1 Å². The summed E-state index contributed by atoms with van der Waals surface area (Å²) in [6.07, 6.45) is 0. The summed E-state index contributed by atoms with van der Waals surface area (Å²) in [5, 5.41) is 4.77. The SMILES string of the molecule is COc1ccccc1-c1cc(CN(Cc2ccc3c(c2)OCO3)C(=O)c2ccc(Cl)cc2)no1. The molecular weight excluding hydrogens is 456 g/mol. The maximum Gasteiger partial charge on any atom is 0.254 e. The number of hydrogen-bond donors (Lipinski definition) is 0. The number of nitrogens with zero attached hydrogens (tertiary/aromatic N) is 2. The molecule has 0 N–H and O–H groups in total. The van der Waals surface area contributed by atoms with Crippen LogP contribution in [0.5, 0.6) is 17.2 Å². The second-order valence-electron chi connectivity index (χ2n) is 7.74. The fourth-order valence-corrected chi connectivity index (χ4v) is 3.92. The Hall–Kier alpha value is -3.97. The first kappa shape index (κ1) is 21.9. The van der Waals surface area contributed by atoms with Gasteiger partial charge in [0.25, 0.3) is 5.91 Å². The molecule has 0 bridgehead atoms. The minimum atomic E-state index is -0.156. The quantitative estimate of drug-likeness (QED) is 0.347. The monoisotopic (exact) mass is 476 g/mol. The second kappa shape index (κ2) is 9.49. The Balaban J connectivity index is 1.43. The summed E-state index contributed by atoms with van der Waals surface area (Å²) in [4.78, 5) is 15.1. The zero-order valence-corrected chi connectivity index (χ0v) is 19.1. The van der Waals surface area contributed by atoms with Crippen molar-refractivity contribution >= 4 is 17.5 Å². The van der Waals surface area contributed by atoms with Gasteiger partial charge in [0.2, 0.25) is 6.79 Å². The molecule has 0 saturated carbocycles. The molecule has 0 radical (unpaired) electrons. The van der Waals surface area contributed by atoms with E-state index in [1.54, 1.807) is 36.3 Å². The molecule has 0 aliphatic carbocycles. The fraction of sp³-hybridized carbons (Fsp3) is 0.154. The highest BCUT2D eigenvalue weighted by Crippen LogP contribution is 2.33. The van der Waals surface area contributed by atoms with Crippen LogP contribution in [0.4, 0.5) is 0 Å². The van der Waals surface area contributed by atoms with Crippen molar-refractivity contribution in [3.8, 4) is 28.6 Å². The first-order chi connectivity index (χ1) is 16.6. The van der Waals surface area contributed by atoms with Crippen molar-refractivity contribution in [2.45, 2.75) is 13.1 Å². The molecule has 0 unspecified atom stereocenters. The largest absolute Gasteiger partial charge is 0.496 e. The van der Waals surface area contributed by atoms with Crippen LogP contribution in [0.15, 0.2) is 77.3 Å². The van der Waals surface area contributed by atoms with Gasteiger partial charge in [0, 0.05) is 23.2 Å². The molecule has 3 aromatic carbocycles. The summed E-state index contributed by atoms with van der Waals surface area (Å²) in [6, 6.07) is 21.8. The Kier molecular flexibility index (Phi) is 6.10. The van der Waals surface area contributed by atoms with Gasteiger partial charge in [-0.2, -0.15) is 0 Å². The normalized spacial score (nSPS) is 11.9. The van der Waals surface area contributed by atoms with Gasteiger partial charge in [0.05, 0.1) is 19.2 Å². The van der Waals surface area contributed by atoms with Crippen molar-refractivity contribution in [3.05, 3.63) is 94.6 Å². The number of rotatable bonds is 7. The summed E-state index contributed by atoms with van der Waals surface area (Å²) >= 11 is 6.01. The highest BCUT2D eigenvalue weighted by molar-refractivity contribution is 6.30. The molecule has 8 heteroatoms. The maximum absolute atomic E-state index is 13.4. The van der Waals surface area contributed by atoms with E-state index >= 15 is 0 Å². The first-order valence-corrected chi connectivity index (χ1v) is 11.0. The van der Waals surface area contributed by atoms with Gasteiger partial charge in [-0.15, -0.1) is 0 Å². The number of halogens is 1. The minimum Gasteiger partial charge on any atom is -0.496 e. The van der Waals surface area contributed by atoms with E-state index in [1.165, 1.54) is 0 Å². The van der Waals surface area contributed by atoms with Crippen molar-refractivity contribution in [2.75, 3.05) is 13.9 Å². The molecule has 0 fully saturated rings. The first-order valence-electron chi connectivity index (χ1n) is 10.6. The van der Waals surface area contributed by atoms with E-state index in [4.69, 9.17) is 30.3 Å². The van der Waals surface area contributed by atoms with Gasteiger partial charge in [-0.05, 0) is 54.1 Å². The lowest BCUT2D eigenvalue weighted by molar-refractivity contribution is 0.0726. The van der Waals surface area contributed by atoms with Gasteiger partial charge in [0.1, 0.15) is 11.4 Å². The van der Waals surface area contributed by atoms with E-state index in [9.17, 15) is 4.79 Å². The van der Waals surface area contributed by atoms with Crippen LogP contribution >= 0.6 is 11.6 Å². The van der Waals surface area contributed by atoms with E-state index in [0.29, 0.717) is 45.8 Å². The number of benzene rings is 3. The number of methoxy groups -OCH3 is 1. The van der Waals surface area contributed by atoms with Gasteiger partial charge in [-0.3, -0.25) is 4.79 Å². The van der Waals surface area contributed by atoms with Crippen LogP contribution in [0.2, 0.25) is 5.02 Å². The number of aromatic nitrogens is 1. The molecule has 0 atom stereocenters. The Bertz CT molecular complexity index is 1320. The smallest absolute Gasteiger partial charge is 0.254 e. The Morgan fingerprint density at radius 1 is 1.00 bits per heavy atom. The van der Waals surface area contributed by atoms with Crippen LogP contribution in [0, 0.1) is 0 Å². The number of carbonyl (C=O) groups is 1. The van der Waals surface area contributed by atoms with E-state index < -0.39 is 0 Å². The summed E-state index contributed by atoms with van der Waals surface area (Å²) in [7, 11) is 1.61.